The maximum atomic E-state index is 10.8. The molecular formula is C19H23N3O3. The molecule has 6 nitrogen and oxygen atoms in total. The molecule has 0 spiro atoms. The first kappa shape index (κ1) is 17.4. The van der Waals surface area contributed by atoms with Gasteiger partial charge in [0.25, 0.3) is 5.69 Å². The molecule has 2 atom stereocenters. The van der Waals surface area contributed by atoms with Crippen molar-refractivity contribution in [3.63, 3.8) is 0 Å². The number of benzene rings is 2. The Morgan fingerprint density at radius 3 is 2.68 bits per heavy atom. The van der Waals surface area contributed by atoms with E-state index in [2.05, 4.69) is 29.2 Å². The summed E-state index contributed by atoms with van der Waals surface area (Å²) in [5.74, 6) is 1.42. The fraction of sp³-hybridized carbons (Fsp3) is 0.368. The fourth-order valence-corrected chi connectivity index (χ4v) is 3.44. The number of likely N-dealkylation sites (tertiary alicyclic amines) is 1. The van der Waals surface area contributed by atoms with E-state index in [1.165, 1.54) is 17.7 Å². The van der Waals surface area contributed by atoms with Crippen molar-refractivity contribution in [2.24, 2.45) is 11.7 Å². The van der Waals surface area contributed by atoms with Crippen LogP contribution in [0, 0.1) is 16.0 Å². The van der Waals surface area contributed by atoms with Gasteiger partial charge in [-0.15, -0.1) is 0 Å². The van der Waals surface area contributed by atoms with Crippen molar-refractivity contribution in [1.82, 2.24) is 4.90 Å². The van der Waals surface area contributed by atoms with Crippen molar-refractivity contribution in [2.75, 3.05) is 32.8 Å². The standard InChI is InChI=1S/C19H23N3O3/c20-12-16-13-21(14-19(16)15-5-2-1-3-6-15)9-10-25-18-8-4-7-17(11-18)22(23)24/h1-8,11,16,19H,9-10,12-14,20H2/t16-,19+/m1/s1. The lowest BCUT2D eigenvalue weighted by molar-refractivity contribution is -0.384. The van der Waals surface area contributed by atoms with Crippen LogP contribution in [0.15, 0.2) is 54.6 Å². The van der Waals surface area contributed by atoms with Crippen LogP contribution in [0.2, 0.25) is 0 Å². The number of hydrogen-bond donors (Lipinski definition) is 1. The maximum absolute atomic E-state index is 10.8. The molecule has 3 rings (SSSR count). The maximum Gasteiger partial charge on any atom is 0.273 e. The Hall–Kier alpha value is -2.44. The van der Waals surface area contributed by atoms with Crippen molar-refractivity contribution in [1.29, 1.82) is 0 Å². The first-order chi connectivity index (χ1) is 12.2. The normalized spacial score (nSPS) is 20.5. The van der Waals surface area contributed by atoms with E-state index in [-0.39, 0.29) is 5.69 Å². The van der Waals surface area contributed by atoms with E-state index in [1.54, 1.807) is 12.1 Å². The van der Waals surface area contributed by atoms with Crippen molar-refractivity contribution >= 4 is 5.69 Å². The molecule has 0 radical (unpaired) electrons. The molecule has 1 aliphatic rings. The Kier molecular flexibility index (Phi) is 5.63. The summed E-state index contributed by atoms with van der Waals surface area (Å²) in [6, 6.07) is 16.8. The van der Waals surface area contributed by atoms with Gasteiger partial charge in [0.05, 0.1) is 11.0 Å². The molecule has 0 amide bonds. The van der Waals surface area contributed by atoms with Crippen molar-refractivity contribution in [2.45, 2.75) is 5.92 Å². The first-order valence-electron chi connectivity index (χ1n) is 8.52. The minimum Gasteiger partial charge on any atom is -0.492 e. The molecule has 25 heavy (non-hydrogen) atoms. The number of non-ortho nitro benzene ring substituents is 1. The van der Waals surface area contributed by atoms with Gasteiger partial charge in [0.15, 0.2) is 0 Å². The van der Waals surface area contributed by atoms with Gasteiger partial charge in [-0.2, -0.15) is 0 Å². The van der Waals surface area contributed by atoms with Crippen LogP contribution in [-0.2, 0) is 0 Å². The third kappa shape index (κ3) is 4.35. The van der Waals surface area contributed by atoms with Crippen LogP contribution < -0.4 is 10.5 Å². The largest absolute Gasteiger partial charge is 0.492 e. The number of nitro benzene ring substituents is 1. The van der Waals surface area contributed by atoms with E-state index in [4.69, 9.17) is 10.5 Å². The Balaban J connectivity index is 1.54. The van der Waals surface area contributed by atoms with Crippen LogP contribution in [-0.4, -0.2) is 42.6 Å². The zero-order chi connectivity index (χ0) is 17.6. The smallest absolute Gasteiger partial charge is 0.273 e. The van der Waals surface area contributed by atoms with Crippen molar-refractivity contribution < 1.29 is 9.66 Å². The quantitative estimate of drug-likeness (QED) is 0.618. The highest BCUT2D eigenvalue weighted by Crippen LogP contribution is 2.31. The third-order valence-corrected chi connectivity index (χ3v) is 4.75. The molecule has 1 heterocycles. The summed E-state index contributed by atoms with van der Waals surface area (Å²) in [5.41, 5.74) is 7.35. The average Bonchev–Trinajstić information content (AvgIpc) is 3.06. The van der Waals surface area contributed by atoms with E-state index >= 15 is 0 Å². The molecular weight excluding hydrogens is 318 g/mol. The molecule has 0 unspecified atom stereocenters. The lowest BCUT2D eigenvalue weighted by Gasteiger charge is -2.17. The highest BCUT2D eigenvalue weighted by molar-refractivity contribution is 5.37. The molecule has 2 aromatic carbocycles. The Bertz CT molecular complexity index is 708. The summed E-state index contributed by atoms with van der Waals surface area (Å²) in [4.78, 5) is 12.7. The van der Waals surface area contributed by atoms with Gasteiger partial charge in [-0.1, -0.05) is 36.4 Å². The molecule has 0 bridgehead atoms. The molecule has 0 aliphatic carbocycles. The molecule has 0 aromatic heterocycles. The summed E-state index contributed by atoms with van der Waals surface area (Å²) in [6.07, 6.45) is 0. The van der Waals surface area contributed by atoms with Crippen LogP contribution in [0.3, 0.4) is 0 Å². The van der Waals surface area contributed by atoms with Crippen LogP contribution in [0.1, 0.15) is 11.5 Å². The molecule has 0 saturated carbocycles. The zero-order valence-corrected chi connectivity index (χ0v) is 14.1. The van der Waals surface area contributed by atoms with Gasteiger partial charge in [-0.05, 0) is 24.1 Å². The number of nitro groups is 1. The SMILES string of the molecule is NC[C@@H]1CN(CCOc2cccc([N+](=O)[O-])c2)C[C@H]1c1ccccc1. The highest BCUT2D eigenvalue weighted by Gasteiger charge is 2.32. The summed E-state index contributed by atoms with van der Waals surface area (Å²) >= 11 is 0. The first-order valence-corrected chi connectivity index (χ1v) is 8.52. The Morgan fingerprint density at radius 2 is 1.96 bits per heavy atom. The number of hydrogen-bond acceptors (Lipinski definition) is 5. The molecule has 132 valence electrons. The van der Waals surface area contributed by atoms with E-state index < -0.39 is 4.92 Å². The van der Waals surface area contributed by atoms with Crippen molar-refractivity contribution in [3.8, 4) is 5.75 Å². The highest BCUT2D eigenvalue weighted by atomic mass is 16.6. The van der Waals surface area contributed by atoms with Gasteiger partial charge in [-0.25, -0.2) is 0 Å². The molecule has 1 fully saturated rings. The molecule has 2 N–H and O–H groups in total. The van der Waals surface area contributed by atoms with E-state index in [9.17, 15) is 10.1 Å². The van der Waals surface area contributed by atoms with Gasteiger partial charge in [0.1, 0.15) is 12.4 Å². The van der Waals surface area contributed by atoms with E-state index in [0.717, 1.165) is 19.6 Å². The monoisotopic (exact) mass is 341 g/mol. The Morgan fingerprint density at radius 1 is 1.16 bits per heavy atom. The van der Waals surface area contributed by atoms with Crippen LogP contribution in [0.4, 0.5) is 5.69 Å². The third-order valence-electron chi connectivity index (χ3n) is 4.75. The predicted octanol–water partition coefficient (Wildman–Crippen LogP) is 2.65. The predicted molar refractivity (Wildman–Crippen MR) is 96.8 cm³/mol. The lowest BCUT2D eigenvalue weighted by Crippen LogP contribution is -2.27. The summed E-state index contributed by atoms with van der Waals surface area (Å²) in [6.45, 7) is 3.86. The fourth-order valence-electron chi connectivity index (χ4n) is 3.44. The lowest BCUT2D eigenvalue weighted by atomic mass is 9.89. The van der Waals surface area contributed by atoms with Crippen LogP contribution in [0.5, 0.6) is 5.75 Å². The molecule has 6 heteroatoms. The summed E-state index contributed by atoms with van der Waals surface area (Å²) in [7, 11) is 0. The second-order valence-corrected chi connectivity index (χ2v) is 6.38. The second kappa shape index (κ2) is 8.09. The number of ether oxygens (including phenoxy) is 1. The van der Waals surface area contributed by atoms with E-state index in [0.29, 0.717) is 30.7 Å². The second-order valence-electron chi connectivity index (χ2n) is 6.38. The number of rotatable bonds is 7. The summed E-state index contributed by atoms with van der Waals surface area (Å²) in [5, 5.41) is 10.8. The van der Waals surface area contributed by atoms with Gasteiger partial charge in [0.2, 0.25) is 0 Å². The zero-order valence-electron chi connectivity index (χ0n) is 14.1. The van der Waals surface area contributed by atoms with Gasteiger partial charge in [0, 0.05) is 31.6 Å². The van der Waals surface area contributed by atoms with Crippen LogP contribution >= 0.6 is 0 Å². The Labute approximate surface area is 147 Å². The summed E-state index contributed by atoms with van der Waals surface area (Å²) < 4.78 is 5.69. The molecule has 1 aliphatic heterocycles. The molecule has 2 aromatic rings. The minimum atomic E-state index is -0.413. The van der Waals surface area contributed by atoms with Gasteiger partial charge >= 0.3 is 0 Å². The van der Waals surface area contributed by atoms with Crippen molar-refractivity contribution in [3.05, 3.63) is 70.3 Å². The average molecular weight is 341 g/mol. The van der Waals surface area contributed by atoms with Crippen LogP contribution in [0.25, 0.3) is 0 Å². The number of nitrogens with zero attached hydrogens (tertiary/aromatic N) is 2. The van der Waals surface area contributed by atoms with Gasteiger partial charge in [-0.3, -0.25) is 15.0 Å². The number of nitrogens with two attached hydrogens (primary N) is 1. The van der Waals surface area contributed by atoms with Gasteiger partial charge < -0.3 is 10.5 Å². The topological polar surface area (TPSA) is 81.6 Å². The molecule has 1 saturated heterocycles. The van der Waals surface area contributed by atoms with E-state index in [1.807, 2.05) is 6.07 Å². The minimum absolute atomic E-state index is 0.0472.